The number of nitrogens with zero attached hydrogens (tertiary/aromatic N) is 5. The topological polar surface area (TPSA) is 118 Å². The molecular weight excluding hydrogens is 344 g/mol. The van der Waals surface area contributed by atoms with Crippen molar-refractivity contribution >= 4 is 22.4 Å². The van der Waals surface area contributed by atoms with Crippen molar-refractivity contribution in [3.63, 3.8) is 0 Å². The summed E-state index contributed by atoms with van der Waals surface area (Å²) in [4.78, 5) is 13.1. The van der Waals surface area contributed by atoms with Crippen molar-refractivity contribution in [2.75, 3.05) is 67.2 Å². The summed E-state index contributed by atoms with van der Waals surface area (Å²) in [6.07, 6.45) is 0. The largest absolute Gasteiger partial charge is 0.477 e. The molecule has 3 N–H and O–H groups in total. The maximum Gasteiger partial charge on any atom is 0.238 e. The molecule has 10 heteroatoms. The molecule has 2 aliphatic rings. The molecular formula is C15H24N6O3S. The predicted molar refractivity (Wildman–Crippen MR) is 97.8 cm³/mol. The average molecular weight is 368 g/mol. The Hall–Kier alpha value is -1.80. The molecule has 2 fully saturated rings. The molecule has 0 unspecified atom stereocenters. The molecule has 2 aliphatic heterocycles. The van der Waals surface area contributed by atoms with E-state index in [9.17, 15) is 14.4 Å². The number of piperazine rings is 1. The van der Waals surface area contributed by atoms with Gasteiger partial charge in [0.05, 0.1) is 18.1 Å². The number of hydrogen-bond donors (Lipinski definition) is 3. The van der Waals surface area contributed by atoms with Crippen molar-refractivity contribution < 1.29 is 13.8 Å². The Bertz CT molecular complexity index is 649. The van der Waals surface area contributed by atoms with Crippen molar-refractivity contribution in [1.82, 2.24) is 15.3 Å². The molecule has 0 radical (unpaired) electrons. The normalized spacial score (nSPS) is 21.5. The van der Waals surface area contributed by atoms with E-state index in [-0.39, 0.29) is 11.5 Å². The van der Waals surface area contributed by atoms with Crippen LogP contribution < -0.4 is 19.9 Å². The smallest absolute Gasteiger partial charge is 0.238 e. The van der Waals surface area contributed by atoms with Gasteiger partial charge in [-0.25, -0.2) is 0 Å². The summed E-state index contributed by atoms with van der Waals surface area (Å²) in [6.45, 7) is 6.44. The van der Waals surface area contributed by atoms with E-state index in [1.54, 1.807) is 0 Å². The Balaban J connectivity index is 1.96. The van der Waals surface area contributed by atoms with Crippen LogP contribution in [0.3, 0.4) is 0 Å². The van der Waals surface area contributed by atoms with Crippen molar-refractivity contribution in [1.29, 1.82) is 5.26 Å². The molecule has 0 aliphatic carbocycles. The third-order valence-electron chi connectivity index (χ3n) is 4.31. The molecule has 0 bridgehead atoms. The first-order valence-electron chi connectivity index (χ1n) is 8.43. The maximum atomic E-state index is 9.84. The maximum absolute atomic E-state index is 9.84. The van der Waals surface area contributed by atoms with Gasteiger partial charge in [0.1, 0.15) is 6.07 Å². The van der Waals surface area contributed by atoms with E-state index in [4.69, 9.17) is 4.74 Å². The number of hydrogen-bond acceptors (Lipinski definition) is 9. The Labute approximate surface area is 149 Å². The molecule has 0 spiro atoms. The molecule has 0 saturated carbocycles. The Morgan fingerprint density at radius 3 is 2.44 bits per heavy atom. The van der Waals surface area contributed by atoms with Crippen LogP contribution in [0.5, 0.6) is 5.88 Å². The second-order valence-corrected chi connectivity index (χ2v) is 8.43. The van der Waals surface area contributed by atoms with Crippen LogP contribution in [0.25, 0.3) is 0 Å². The fourth-order valence-corrected chi connectivity index (χ4v) is 4.16. The average Bonchev–Trinajstić information content (AvgIpc) is 2.62. The van der Waals surface area contributed by atoms with E-state index in [0.717, 1.165) is 26.2 Å². The molecule has 138 valence electrons. The van der Waals surface area contributed by atoms with E-state index in [1.165, 1.54) is 0 Å². The van der Waals surface area contributed by atoms with E-state index in [1.807, 2.05) is 11.8 Å². The summed E-state index contributed by atoms with van der Waals surface area (Å²) in [5.74, 6) is 1.94. The van der Waals surface area contributed by atoms with E-state index >= 15 is 0 Å². The minimum Gasteiger partial charge on any atom is -0.477 e. The second kappa shape index (κ2) is 7.61. The van der Waals surface area contributed by atoms with Crippen molar-refractivity contribution in [2.24, 2.45) is 0 Å². The van der Waals surface area contributed by atoms with E-state index in [2.05, 4.69) is 26.3 Å². The van der Waals surface area contributed by atoms with Crippen LogP contribution in [0.1, 0.15) is 12.5 Å². The monoisotopic (exact) mass is 368 g/mol. The highest BCUT2D eigenvalue weighted by molar-refractivity contribution is 8.24. The van der Waals surface area contributed by atoms with Gasteiger partial charge >= 0.3 is 0 Å². The first-order valence-corrected chi connectivity index (χ1v) is 10.3. The van der Waals surface area contributed by atoms with Crippen molar-refractivity contribution in [3.05, 3.63) is 5.56 Å². The van der Waals surface area contributed by atoms with Gasteiger partial charge in [-0.05, 0) is 6.92 Å². The van der Waals surface area contributed by atoms with Crippen LogP contribution in [0.15, 0.2) is 0 Å². The number of nitriles is 1. The zero-order chi connectivity index (χ0) is 17.9. The van der Waals surface area contributed by atoms with Gasteiger partial charge in [-0.2, -0.15) is 25.8 Å². The van der Waals surface area contributed by atoms with E-state index < -0.39 is 10.6 Å². The van der Waals surface area contributed by atoms with Crippen LogP contribution in [-0.4, -0.2) is 76.5 Å². The summed E-state index contributed by atoms with van der Waals surface area (Å²) in [5, 5.41) is 12.9. The van der Waals surface area contributed by atoms with Gasteiger partial charge in [0, 0.05) is 39.3 Å². The first kappa shape index (κ1) is 18.0. The summed E-state index contributed by atoms with van der Waals surface area (Å²) < 4.78 is 25.3. The number of rotatable bonds is 4. The lowest BCUT2D eigenvalue weighted by molar-refractivity contribution is 0.325. The Morgan fingerprint density at radius 1 is 1.16 bits per heavy atom. The summed E-state index contributed by atoms with van der Waals surface area (Å²) in [5.41, 5.74) is 0.305. The molecule has 2 saturated heterocycles. The third kappa shape index (κ3) is 4.07. The number of ether oxygens (including phenoxy) is 1. The molecule has 3 heterocycles. The lowest BCUT2D eigenvalue weighted by Gasteiger charge is -2.41. The highest BCUT2D eigenvalue weighted by Crippen LogP contribution is 2.42. The van der Waals surface area contributed by atoms with Crippen LogP contribution in [0, 0.1) is 11.3 Å². The van der Waals surface area contributed by atoms with Gasteiger partial charge in [0.15, 0.2) is 11.4 Å². The van der Waals surface area contributed by atoms with Gasteiger partial charge in [0.2, 0.25) is 11.8 Å². The number of anilines is 2. The SMILES string of the molecule is CCOc1nc(N2CCNCC2)nc(N2CCS(O)(O)CC2)c1C#N. The van der Waals surface area contributed by atoms with Crippen LogP contribution in [-0.2, 0) is 0 Å². The first-order chi connectivity index (χ1) is 12.0. The Morgan fingerprint density at radius 2 is 1.84 bits per heavy atom. The molecule has 0 atom stereocenters. The van der Waals surface area contributed by atoms with Crippen LogP contribution in [0.4, 0.5) is 11.8 Å². The summed E-state index contributed by atoms with van der Waals surface area (Å²) in [6, 6.07) is 2.16. The highest BCUT2D eigenvalue weighted by Gasteiger charge is 2.28. The zero-order valence-electron chi connectivity index (χ0n) is 14.3. The Kier molecular flexibility index (Phi) is 5.48. The van der Waals surface area contributed by atoms with Gasteiger partial charge in [-0.3, -0.25) is 9.11 Å². The van der Waals surface area contributed by atoms with Gasteiger partial charge in [-0.1, -0.05) is 0 Å². The standard InChI is InChI=1S/C15H24N6O3S/c1-2-24-14-12(11-16)13(20-7-9-25(22,23)10-8-20)18-15(19-14)21-5-3-17-4-6-21/h17,22-23H,2-10H2,1H3. The lowest BCUT2D eigenvalue weighted by atomic mass is 10.2. The quantitative estimate of drug-likeness (QED) is 0.706. The van der Waals surface area contributed by atoms with Crippen molar-refractivity contribution in [2.45, 2.75) is 6.92 Å². The number of nitrogens with one attached hydrogen (secondary N) is 1. The van der Waals surface area contributed by atoms with Gasteiger partial charge in [0.25, 0.3) is 0 Å². The lowest BCUT2D eigenvalue weighted by Crippen LogP contribution is -2.45. The molecule has 0 amide bonds. The molecule has 1 aromatic heterocycles. The molecule has 0 aromatic carbocycles. The fourth-order valence-electron chi connectivity index (χ4n) is 2.93. The predicted octanol–water partition coefficient (Wildman–Crippen LogP) is 0.727. The van der Waals surface area contributed by atoms with Gasteiger partial charge in [-0.15, -0.1) is 0 Å². The molecule has 25 heavy (non-hydrogen) atoms. The summed E-state index contributed by atoms with van der Waals surface area (Å²) >= 11 is 0. The zero-order valence-corrected chi connectivity index (χ0v) is 15.1. The van der Waals surface area contributed by atoms with Crippen LogP contribution >= 0.6 is 10.6 Å². The number of aromatic nitrogens is 2. The minimum atomic E-state index is -2.51. The van der Waals surface area contributed by atoms with Crippen molar-refractivity contribution in [3.8, 4) is 11.9 Å². The molecule has 1 aromatic rings. The highest BCUT2D eigenvalue weighted by atomic mass is 32.3. The summed E-state index contributed by atoms with van der Waals surface area (Å²) in [7, 11) is -2.51. The van der Waals surface area contributed by atoms with E-state index in [0.29, 0.717) is 42.9 Å². The van der Waals surface area contributed by atoms with Crippen LogP contribution in [0.2, 0.25) is 0 Å². The third-order valence-corrected chi connectivity index (χ3v) is 5.99. The second-order valence-electron chi connectivity index (χ2n) is 6.01. The minimum absolute atomic E-state index is 0.287. The molecule has 9 nitrogen and oxygen atoms in total. The molecule has 3 rings (SSSR count). The fraction of sp³-hybridized carbons (Fsp3) is 0.667. The van der Waals surface area contributed by atoms with Gasteiger partial charge < -0.3 is 19.9 Å².